The molecule has 1 amide bonds. The molecule has 6 heteroatoms. The Labute approximate surface area is 101 Å². The van der Waals surface area contributed by atoms with Crippen molar-refractivity contribution in [2.45, 2.75) is 13.3 Å². The van der Waals surface area contributed by atoms with Crippen molar-refractivity contribution in [1.82, 2.24) is 4.98 Å². The van der Waals surface area contributed by atoms with Gasteiger partial charge in [0.15, 0.2) is 0 Å². The summed E-state index contributed by atoms with van der Waals surface area (Å²) in [6, 6.07) is 3.32. The molecule has 0 unspecified atom stereocenters. The van der Waals surface area contributed by atoms with Crippen LogP contribution >= 0.6 is 12.4 Å². The molecule has 0 aliphatic rings. The number of nitrogen functional groups attached to an aromatic ring is 1. The van der Waals surface area contributed by atoms with E-state index in [0.29, 0.717) is 18.1 Å². The van der Waals surface area contributed by atoms with Gasteiger partial charge < -0.3 is 15.8 Å². The lowest BCUT2D eigenvalue weighted by atomic mass is 10.4. The van der Waals surface area contributed by atoms with E-state index in [1.54, 1.807) is 12.1 Å². The maximum Gasteiger partial charge on any atom is 0.250 e. The fraction of sp³-hybridized carbons (Fsp3) is 0.400. The molecule has 1 rings (SSSR count). The predicted molar refractivity (Wildman–Crippen MR) is 65.6 cm³/mol. The molecule has 0 atom stereocenters. The van der Waals surface area contributed by atoms with Gasteiger partial charge in [0.05, 0.1) is 11.9 Å². The number of nitrogens with two attached hydrogens (primary N) is 1. The van der Waals surface area contributed by atoms with Crippen LogP contribution in [0.3, 0.4) is 0 Å². The molecular formula is C10H16ClN3O2. The van der Waals surface area contributed by atoms with Gasteiger partial charge in [0.25, 0.3) is 0 Å². The molecule has 1 aromatic heterocycles. The Morgan fingerprint density at radius 1 is 1.56 bits per heavy atom. The Kier molecular flexibility index (Phi) is 7.24. The first kappa shape index (κ1) is 14.7. The van der Waals surface area contributed by atoms with E-state index < -0.39 is 0 Å². The van der Waals surface area contributed by atoms with Gasteiger partial charge in [-0.15, -0.1) is 12.4 Å². The van der Waals surface area contributed by atoms with Gasteiger partial charge in [0, 0.05) is 6.61 Å². The lowest BCUT2D eigenvalue weighted by Crippen LogP contribution is -2.18. The average molecular weight is 246 g/mol. The Balaban J connectivity index is 0.00000225. The molecule has 90 valence electrons. The van der Waals surface area contributed by atoms with Gasteiger partial charge in [-0.25, -0.2) is 4.98 Å². The van der Waals surface area contributed by atoms with Crippen LogP contribution in [0.2, 0.25) is 0 Å². The molecule has 0 saturated carbocycles. The number of hydrogen-bond acceptors (Lipinski definition) is 4. The summed E-state index contributed by atoms with van der Waals surface area (Å²) in [5.74, 6) is 0.241. The van der Waals surface area contributed by atoms with E-state index in [1.807, 2.05) is 6.92 Å². The number of pyridine rings is 1. The highest BCUT2D eigenvalue weighted by molar-refractivity contribution is 5.91. The van der Waals surface area contributed by atoms with Crippen LogP contribution in [-0.4, -0.2) is 24.1 Å². The topological polar surface area (TPSA) is 77.2 Å². The number of amides is 1. The molecule has 0 bridgehead atoms. The van der Waals surface area contributed by atoms with Crippen LogP contribution in [-0.2, 0) is 9.53 Å². The average Bonchev–Trinajstić information content (AvgIpc) is 2.22. The van der Waals surface area contributed by atoms with Crippen LogP contribution < -0.4 is 11.1 Å². The molecule has 0 aliphatic heterocycles. The number of carbonyl (C=O) groups excluding carboxylic acids is 1. The minimum atomic E-state index is -0.185. The van der Waals surface area contributed by atoms with Crippen LogP contribution in [0.1, 0.15) is 13.3 Å². The molecule has 0 aliphatic carbocycles. The summed E-state index contributed by atoms with van der Waals surface area (Å²) < 4.78 is 5.08. The van der Waals surface area contributed by atoms with E-state index >= 15 is 0 Å². The number of aromatic nitrogens is 1. The summed E-state index contributed by atoms with van der Waals surface area (Å²) in [5, 5.41) is 2.65. The molecular weight excluding hydrogens is 230 g/mol. The second kappa shape index (κ2) is 7.90. The first-order valence-electron chi connectivity index (χ1n) is 4.81. The molecule has 1 aromatic rings. The van der Waals surface area contributed by atoms with Crippen molar-refractivity contribution in [3.05, 3.63) is 18.3 Å². The SMILES string of the molecule is CCCOCC(=O)Nc1ccc(N)nc1.Cl. The third kappa shape index (κ3) is 5.53. The Bertz CT molecular complexity index is 316. The maximum absolute atomic E-state index is 11.3. The summed E-state index contributed by atoms with van der Waals surface area (Å²) in [6.45, 7) is 2.65. The normalized spacial score (nSPS) is 9.31. The summed E-state index contributed by atoms with van der Waals surface area (Å²) in [5.41, 5.74) is 6.03. The van der Waals surface area contributed by atoms with Crippen LogP contribution in [0.15, 0.2) is 18.3 Å². The van der Waals surface area contributed by atoms with Crippen molar-refractivity contribution in [3.8, 4) is 0 Å². The Morgan fingerprint density at radius 2 is 2.31 bits per heavy atom. The van der Waals surface area contributed by atoms with Crippen molar-refractivity contribution in [2.24, 2.45) is 0 Å². The summed E-state index contributed by atoms with van der Waals surface area (Å²) in [4.78, 5) is 15.1. The fourth-order valence-corrected chi connectivity index (χ4v) is 0.986. The molecule has 5 nitrogen and oxygen atoms in total. The predicted octanol–water partition coefficient (Wildman–Crippen LogP) is 1.45. The zero-order valence-corrected chi connectivity index (χ0v) is 9.92. The standard InChI is InChI=1S/C10H15N3O2.ClH/c1-2-5-15-7-10(14)13-8-3-4-9(11)12-6-8;/h3-4,6H,2,5,7H2,1H3,(H2,11,12)(H,13,14);1H. The van der Waals surface area contributed by atoms with Crippen LogP contribution in [0.25, 0.3) is 0 Å². The van der Waals surface area contributed by atoms with Crippen molar-refractivity contribution >= 4 is 29.8 Å². The molecule has 0 spiro atoms. The molecule has 0 fully saturated rings. The zero-order valence-electron chi connectivity index (χ0n) is 9.10. The number of rotatable bonds is 5. The van der Waals surface area contributed by atoms with Gasteiger partial charge >= 0.3 is 0 Å². The molecule has 0 saturated heterocycles. The van der Waals surface area contributed by atoms with Gasteiger partial charge in [-0.1, -0.05) is 6.92 Å². The number of nitrogens with zero attached hydrogens (tertiary/aromatic N) is 1. The van der Waals surface area contributed by atoms with E-state index in [1.165, 1.54) is 6.20 Å². The molecule has 3 N–H and O–H groups in total. The zero-order chi connectivity index (χ0) is 11.1. The van der Waals surface area contributed by atoms with E-state index in [9.17, 15) is 4.79 Å². The molecule has 16 heavy (non-hydrogen) atoms. The summed E-state index contributed by atoms with van der Waals surface area (Å²) in [7, 11) is 0. The summed E-state index contributed by atoms with van der Waals surface area (Å²) in [6.07, 6.45) is 2.41. The first-order valence-corrected chi connectivity index (χ1v) is 4.81. The minimum Gasteiger partial charge on any atom is -0.384 e. The van der Waals surface area contributed by atoms with Gasteiger partial charge in [0.1, 0.15) is 12.4 Å². The van der Waals surface area contributed by atoms with Gasteiger partial charge in [0.2, 0.25) is 5.91 Å². The number of ether oxygens (including phenoxy) is 1. The smallest absolute Gasteiger partial charge is 0.250 e. The lowest BCUT2D eigenvalue weighted by molar-refractivity contribution is -0.120. The number of hydrogen-bond donors (Lipinski definition) is 2. The van der Waals surface area contributed by atoms with E-state index in [4.69, 9.17) is 10.5 Å². The number of anilines is 2. The number of halogens is 1. The van der Waals surface area contributed by atoms with E-state index in [-0.39, 0.29) is 24.9 Å². The van der Waals surface area contributed by atoms with Gasteiger partial charge in [-0.2, -0.15) is 0 Å². The third-order valence-corrected chi connectivity index (χ3v) is 1.65. The Morgan fingerprint density at radius 3 is 2.88 bits per heavy atom. The second-order valence-corrected chi connectivity index (χ2v) is 3.07. The van der Waals surface area contributed by atoms with Crippen molar-refractivity contribution < 1.29 is 9.53 Å². The third-order valence-electron chi connectivity index (χ3n) is 1.65. The van der Waals surface area contributed by atoms with Crippen LogP contribution in [0, 0.1) is 0 Å². The van der Waals surface area contributed by atoms with Crippen LogP contribution in [0.5, 0.6) is 0 Å². The largest absolute Gasteiger partial charge is 0.384 e. The molecule has 1 heterocycles. The maximum atomic E-state index is 11.3. The lowest BCUT2D eigenvalue weighted by Gasteiger charge is -2.05. The van der Waals surface area contributed by atoms with Gasteiger partial charge in [-0.3, -0.25) is 4.79 Å². The van der Waals surface area contributed by atoms with E-state index in [0.717, 1.165) is 6.42 Å². The highest BCUT2D eigenvalue weighted by Gasteiger charge is 2.01. The monoisotopic (exact) mass is 245 g/mol. The quantitative estimate of drug-likeness (QED) is 0.770. The summed E-state index contributed by atoms with van der Waals surface area (Å²) >= 11 is 0. The first-order chi connectivity index (χ1) is 7.22. The molecule has 0 aromatic carbocycles. The van der Waals surface area contributed by atoms with Crippen molar-refractivity contribution in [3.63, 3.8) is 0 Å². The fourth-order valence-electron chi connectivity index (χ4n) is 0.986. The Hall–Kier alpha value is -1.33. The van der Waals surface area contributed by atoms with Crippen molar-refractivity contribution in [1.29, 1.82) is 0 Å². The second-order valence-electron chi connectivity index (χ2n) is 3.07. The molecule has 0 radical (unpaired) electrons. The van der Waals surface area contributed by atoms with E-state index in [2.05, 4.69) is 10.3 Å². The highest BCUT2D eigenvalue weighted by atomic mass is 35.5. The number of nitrogens with one attached hydrogen (secondary N) is 1. The number of carbonyl (C=O) groups is 1. The van der Waals surface area contributed by atoms with Crippen molar-refractivity contribution in [2.75, 3.05) is 24.3 Å². The van der Waals surface area contributed by atoms with Gasteiger partial charge in [-0.05, 0) is 18.6 Å². The van der Waals surface area contributed by atoms with Crippen LogP contribution in [0.4, 0.5) is 11.5 Å². The minimum absolute atomic E-state index is 0. The highest BCUT2D eigenvalue weighted by Crippen LogP contribution is 2.06.